The Morgan fingerprint density at radius 1 is 1.50 bits per heavy atom. The molecule has 1 aliphatic rings. The van der Waals surface area contributed by atoms with Gasteiger partial charge in [-0.3, -0.25) is 4.79 Å². The van der Waals surface area contributed by atoms with Gasteiger partial charge in [-0.25, -0.2) is 0 Å². The Bertz CT molecular complexity index is 274. The van der Waals surface area contributed by atoms with Gasteiger partial charge < -0.3 is 10.0 Å². The quantitative estimate of drug-likeness (QED) is 0.812. The van der Waals surface area contributed by atoms with Crippen LogP contribution in [0.4, 0.5) is 13.2 Å². The van der Waals surface area contributed by atoms with Gasteiger partial charge >= 0.3 is 6.18 Å². The number of rotatable bonds is 3. The summed E-state index contributed by atoms with van der Waals surface area (Å²) in [5.41, 5.74) is -0.528. The normalized spacial score (nSPS) is 21.1. The molecule has 0 heterocycles. The lowest BCUT2D eigenvalue weighted by Crippen LogP contribution is -2.49. The van der Waals surface area contributed by atoms with E-state index < -0.39 is 24.2 Å². The second-order valence-corrected chi connectivity index (χ2v) is 4.66. The summed E-state index contributed by atoms with van der Waals surface area (Å²) >= 11 is 0. The Hall–Kier alpha value is -0.780. The molecule has 1 rings (SSSR count). The molecule has 3 nitrogen and oxygen atoms in total. The monoisotopic (exact) mass is 239 g/mol. The standard InChI is InChI=1S/C10H16F3NO2/c1-9(4-3-5-9)8(16)14(2)6-7(15)10(11,12)13/h7,15H,3-6H2,1-2H3/t7-/m0/s1. The first kappa shape index (κ1) is 13.3. The minimum atomic E-state index is -4.67. The van der Waals surface area contributed by atoms with E-state index in [1.807, 2.05) is 0 Å². The molecule has 1 saturated carbocycles. The first-order valence-electron chi connectivity index (χ1n) is 5.17. The molecule has 16 heavy (non-hydrogen) atoms. The van der Waals surface area contributed by atoms with Gasteiger partial charge in [0, 0.05) is 12.5 Å². The van der Waals surface area contributed by atoms with E-state index in [2.05, 4.69) is 0 Å². The summed E-state index contributed by atoms with van der Waals surface area (Å²) in [5.74, 6) is -0.318. The second kappa shape index (κ2) is 4.24. The van der Waals surface area contributed by atoms with Crippen LogP contribution >= 0.6 is 0 Å². The molecular formula is C10H16F3NO2. The highest BCUT2D eigenvalue weighted by atomic mass is 19.4. The van der Waals surface area contributed by atoms with Crippen molar-refractivity contribution in [2.75, 3.05) is 13.6 Å². The van der Waals surface area contributed by atoms with Crippen molar-refractivity contribution in [1.29, 1.82) is 0 Å². The number of amides is 1. The number of alkyl halides is 3. The van der Waals surface area contributed by atoms with Gasteiger partial charge in [-0.1, -0.05) is 13.3 Å². The SMILES string of the molecule is CN(C[C@H](O)C(F)(F)F)C(=O)C1(C)CCC1. The van der Waals surface area contributed by atoms with Crippen LogP contribution in [-0.2, 0) is 4.79 Å². The number of hydrogen-bond acceptors (Lipinski definition) is 2. The predicted molar refractivity (Wildman–Crippen MR) is 51.7 cm³/mol. The van der Waals surface area contributed by atoms with Gasteiger partial charge in [-0.2, -0.15) is 13.2 Å². The molecule has 0 bridgehead atoms. The molecule has 6 heteroatoms. The number of likely N-dealkylation sites (N-methyl/N-ethyl adjacent to an activating group) is 1. The van der Waals surface area contributed by atoms with E-state index in [9.17, 15) is 18.0 Å². The molecule has 1 aliphatic carbocycles. The van der Waals surface area contributed by atoms with Crippen LogP contribution in [0, 0.1) is 5.41 Å². The van der Waals surface area contributed by atoms with E-state index in [4.69, 9.17) is 5.11 Å². The Morgan fingerprint density at radius 2 is 2.00 bits per heavy atom. The third-order valence-electron chi connectivity index (χ3n) is 3.14. The van der Waals surface area contributed by atoms with Crippen LogP contribution in [0.5, 0.6) is 0 Å². The molecule has 1 N–H and O–H groups in total. The number of carbonyl (C=O) groups excluding carboxylic acids is 1. The Balaban J connectivity index is 2.52. The highest BCUT2D eigenvalue weighted by Gasteiger charge is 2.44. The number of carbonyl (C=O) groups is 1. The van der Waals surface area contributed by atoms with Crippen molar-refractivity contribution in [1.82, 2.24) is 4.90 Å². The summed E-state index contributed by atoms with van der Waals surface area (Å²) in [6.45, 7) is 1.05. The predicted octanol–water partition coefficient (Wildman–Crippen LogP) is 1.56. The first-order chi connectivity index (χ1) is 7.17. The minimum Gasteiger partial charge on any atom is -0.382 e. The zero-order valence-corrected chi connectivity index (χ0v) is 9.34. The van der Waals surface area contributed by atoms with Crippen LogP contribution in [0.15, 0.2) is 0 Å². The summed E-state index contributed by atoms with van der Waals surface area (Å²) in [5, 5.41) is 8.84. The number of hydrogen-bond donors (Lipinski definition) is 1. The topological polar surface area (TPSA) is 40.5 Å². The highest BCUT2D eigenvalue weighted by Crippen LogP contribution is 2.41. The van der Waals surface area contributed by atoms with Gasteiger partial charge in [0.15, 0.2) is 6.10 Å². The van der Waals surface area contributed by atoms with Crippen LogP contribution in [0.25, 0.3) is 0 Å². The summed E-state index contributed by atoms with van der Waals surface area (Å²) in [6.07, 6.45) is -4.80. The van der Waals surface area contributed by atoms with E-state index in [1.165, 1.54) is 7.05 Å². The highest BCUT2D eigenvalue weighted by molar-refractivity contribution is 5.83. The maximum atomic E-state index is 12.1. The molecule has 94 valence electrons. The van der Waals surface area contributed by atoms with Crippen molar-refractivity contribution in [2.45, 2.75) is 38.5 Å². The minimum absolute atomic E-state index is 0.318. The van der Waals surface area contributed by atoms with Crippen molar-refractivity contribution in [3.63, 3.8) is 0 Å². The lowest BCUT2D eigenvalue weighted by molar-refractivity contribution is -0.208. The molecule has 0 radical (unpaired) electrons. The zero-order valence-electron chi connectivity index (χ0n) is 9.34. The molecule has 1 atom stereocenters. The van der Waals surface area contributed by atoms with Crippen LogP contribution in [-0.4, -0.2) is 41.8 Å². The van der Waals surface area contributed by atoms with Gasteiger partial charge in [0.25, 0.3) is 0 Å². The number of nitrogens with zero attached hydrogens (tertiary/aromatic N) is 1. The van der Waals surface area contributed by atoms with Gasteiger partial charge in [0.2, 0.25) is 5.91 Å². The van der Waals surface area contributed by atoms with E-state index in [0.29, 0.717) is 12.8 Å². The summed E-state index contributed by atoms with van der Waals surface area (Å²) in [6, 6.07) is 0. The molecule has 0 unspecified atom stereocenters. The lowest BCUT2D eigenvalue weighted by Gasteiger charge is -2.40. The van der Waals surface area contributed by atoms with Crippen molar-refractivity contribution >= 4 is 5.91 Å². The van der Waals surface area contributed by atoms with Crippen molar-refractivity contribution in [3.8, 4) is 0 Å². The third kappa shape index (κ3) is 2.66. The number of aliphatic hydroxyl groups excluding tert-OH is 1. The smallest absolute Gasteiger partial charge is 0.382 e. The fraction of sp³-hybridized carbons (Fsp3) is 0.900. The molecule has 0 aromatic rings. The van der Waals surface area contributed by atoms with Crippen molar-refractivity contribution in [2.24, 2.45) is 5.41 Å². The van der Waals surface area contributed by atoms with Gasteiger partial charge in [0.1, 0.15) is 0 Å². The van der Waals surface area contributed by atoms with Crippen molar-refractivity contribution in [3.05, 3.63) is 0 Å². The Morgan fingerprint density at radius 3 is 2.31 bits per heavy atom. The van der Waals surface area contributed by atoms with Crippen LogP contribution in [0.2, 0.25) is 0 Å². The fourth-order valence-corrected chi connectivity index (χ4v) is 1.83. The van der Waals surface area contributed by atoms with Gasteiger partial charge in [-0.15, -0.1) is 0 Å². The first-order valence-corrected chi connectivity index (χ1v) is 5.17. The maximum absolute atomic E-state index is 12.1. The van der Waals surface area contributed by atoms with Gasteiger partial charge in [0.05, 0.1) is 6.54 Å². The molecule has 1 amide bonds. The molecule has 0 saturated heterocycles. The molecule has 0 spiro atoms. The summed E-state index contributed by atoms with van der Waals surface area (Å²) in [4.78, 5) is 12.7. The molecular weight excluding hydrogens is 223 g/mol. The van der Waals surface area contributed by atoms with E-state index in [0.717, 1.165) is 11.3 Å². The molecule has 0 aromatic carbocycles. The number of halogens is 3. The van der Waals surface area contributed by atoms with E-state index >= 15 is 0 Å². The lowest BCUT2D eigenvalue weighted by atomic mass is 9.69. The van der Waals surface area contributed by atoms with E-state index in [-0.39, 0.29) is 5.91 Å². The number of aliphatic hydroxyl groups is 1. The Labute approximate surface area is 92.2 Å². The average Bonchev–Trinajstić information content (AvgIpc) is 2.11. The fourth-order valence-electron chi connectivity index (χ4n) is 1.83. The Kier molecular flexibility index (Phi) is 3.52. The second-order valence-electron chi connectivity index (χ2n) is 4.66. The van der Waals surface area contributed by atoms with Crippen LogP contribution in [0.3, 0.4) is 0 Å². The van der Waals surface area contributed by atoms with Crippen LogP contribution in [0.1, 0.15) is 26.2 Å². The van der Waals surface area contributed by atoms with Crippen LogP contribution < -0.4 is 0 Å². The van der Waals surface area contributed by atoms with Gasteiger partial charge in [-0.05, 0) is 12.8 Å². The van der Waals surface area contributed by atoms with Crippen molar-refractivity contribution < 1.29 is 23.1 Å². The average molecular weight is 239 g/mol. The largest absolute Gasteiger partial charge is 0.416 e. The third-order valence-corrected chi connectivity index (χ3v) is 3.14. The molecule has 1 fully saturated rings. The summed E-state index contributed by atoms with van der Waals surface area (Å²) < 4.78 is 36.2. The summed E-state index contributed by atoms with van der Waals surface area (Å²) in [7, 11) is 1.29. The van der Waals surface area contributed by atoms with E-state index in [1.54, 1.807) is 6.92 Å². The molecule has 0 aromatic heterocycles. The maximum Gasteiger partial charge on any atom is 0.416 e. The molecule has 0 aliphatic heterocycles. The zero-order chi connectivity index (χ0) is 12.6.